The Morgan fingerprint density at radius 1 is 1.40 bits per heavy atom. The van der Waals surface area contributed by atoms with Crippen LogP contribution in [0.2, 0.25) is 0 Å². The Morgan fingerprint density at radius 3 is 2.60 bits per heavy atom. The number of aliphatic hydroxyl groups excluding tert-OH is 1. The molecule has 0 spiro atoms. The van der Waals surface area contributed by atoms with E-state index in [-0.39, 0.29) is 18.4 Å². The topological polar surface area (TPSA) is 49.3 Å². The molecule has 0 aliphatic rings. The van der Waals surface area contributed by atoms with E-state index in [1.54, 1.807) is 0 Å². The molecule has 0 aliphatic carbocycles. The van der Waals surface area contributed by atoms with Crippen LogP contribution in [0.15, 0.2) is 30.3 Å². The summed E-state index contributed by atoms with van der Waals surface area (Å²) in [6.07, 6.45) is 0.765. The van der Waals surface area contributed by atoms with Crippen LogP contribution in [-0.2, 0) is 4.79 Å². The van der Waals surface area contributed by atoms with Gasteiger partial charge in [-0.2, -0.15) is 0 Å². The number of hydrogen-bond acceptors (Lipinski definition) is 2. The van der Waals surface area contributed by atoms with E-state index in [0.717, 1.165) is 12.0 Å². The van der Waals surface area contributed by atoms with Crippen molar-refractivity contribution in [3.05, 3.63) is 35.9 Å². The van der Waals surface area contributed by atoms with Crippen molar-refractivity contribution in [2.75, 3.05) is 13.2 Å². The molecule has 0 aromatic heterocycles. The lowest BCUT2D eigenvalue weighted by Gasteiger charge is -2.14. The van der Waals surface area contributed by atoms with E-state index in [1.807, 2.05) is 37.3 Å². The highest BCUT2D eigenvalue weighted by atomic mass is 16.3. The summed E-state index contributed by atoms with van der Waals surface area (Å²) < 4.78 is 0. The van der Waals surface area contributed by atoms with Crippen molar-refractivity contribution in [2.24, 2.45) is 0 Å². The van der Waals surface area contributed by atoms with E-state index in [4.69, 9.17) is 5.11 Å². The minimum absolute atomic E-state index is 0.0160. The largest absolute Gasteiger partial charge is 0.395 e. The van der Waals surface area contributed by atoms with Gasteiger partial charge in [0.15, 0.2) is 0 Å². The molecule has 3 nitrogen and oxygen atoms in total. The van der Waals surface area contributed by atoms with Crippen molar-refractivity contribution >= 4 is 5.91 Å². The molecule has 1 aromatic carbocycles. The molecule has 0 saturated carbocycles. The summed E-state index contributed by atoms with van der Waals surface area (Å²) in [5, 5.41) is 11.3. The molecule has 0 saturated heterocycles. The maximum absolute atomic E-state index is 11.7. The average molecular weight is 207 g/mol. The molecule has 82 valence electrons. The van der Waals surface area contributed by atoms with Crippen LogP contribution in [0, 0.1) is 0 Å². The smallest absolute Gasteiger partial charge is 0.227 e. The lowest BCUT2D eigenvalue weighted by Crippen LogP contribution is -2.31. The fourth-order valence-corrected chi connectivity index (χ4v) is 1.56. The molecule has 0 unspecified atom stereocenters. The highest BCUT2D eigenvalue weighted by molar-refractivity contribution is 5.83. The molecule has 1 aromatic rings. The van der Waals surface area contributed by atoms with E-state index in [0.29, 0.717) is 6.54 Å². The second-order valence-corrected chi connectivity index (χ2v) is 3.39. The summed E-state index contributed by atoms with van der Waals surface area (Å²) >= 11 is 0. The van der Waals surface area contributed by atoms with Crippen LogP contribution < -0.4 is 5.32 Å². The first-order valence-corrected chi connectivity index (χ1v) is 5.23. The average Bonchev–Trinajstić information content (AvgIpc) is 2.29. The number of hydrogen-bond donors (Lipinski definition) is 2. The van der Waals surface area contributed by atoms with Gasteiger partial charge in [0.2, 0.25) is 5.91 Å². The lowest BCUT2D eigenvalue weighted by molar-refractivity contribution is -0.122. The molecule has 0 bridgehead atoms. The van der Waals surface area contributed by atoms with Crippen molar-refractivity contribution in [2.45, 2.75) is 19.3 Å². The summed E-state index contributed by atoms with van der Waals surface area (Å²) in [6, 6.07) is 9.69. The normalized spacial score (nSPS) is 12.1. The van der Waals surface area contributed by atoms with E-state index >= 15 is 0 Å². The van der Waals surface area contributed by atoms with E-state index in [1.165, 1.54) is 0 Å². The summed E-state index contributed by atoms with van der Waals surface area (Å²) in [5.74, 6) is -0.129. The molecule has 3 heteroatoms. The van der Waals surface area contributed by atoms with Crippen LogP contribution >= 0.6 is 0 Å². The van der Waals surface area contributed by atoms with Crippen LogP contribution in [0.3, 0.4) is 0 Å². The van der Waals surface area contributed by atoms with Gasteiger partial charge >= 0.3 is 0 Å². The van der Waals surface area contributed by atoms with Gasteiger partial charge in [-0.05, 0) is 12.0 Å². The Kier molecular flexibility index (Phi) is 4.84. The highest BCUT2D eigenvalue weighted by Crippen LogP contribution is 2.18. The number of carbonyl (C=O) groups is 1. The molecule has 1 rings (SSSR count). The zero-order valence-corrected chi connectivity index (χ0v) is 8.94. The third-order valence-corrected chi connectivity index (χ3v) is 2.34. The van der Waals surface area contributed by atoms with E-state index in [2.05, 4.69) is 5.32 Å². The molecule has 0 fully saturated rings. The Balaban J connectivity index is 2.67. The Labute approximate surface area is 90.1 Å². The first-order chi connectivity index (χ1) is 7.29. The minimum Gasteiger partial charge on any atom is -0.395 e. The first-order valence-electron chi connectivity index (χ1n) is 5.23. The molecule has 0 aliphatic heterocycles. The Morgan fingerprint density at radius 2 is 2.07 bits per heavy atom. The summed E-state index contributed by atoms with van der Waals surface area (Å²) in [6.45, 7) is 2.29. The fourth-order valence-electron chi connectivity index (χ4n) is 1.56. The number of aliphatic hydroxyl groups is 1. The standard InChI is InChI=1S/C12H17NO2/c1-2-11(12(15)13-8-9-14)10-6-4-3-5-7-10/h3-7,11,14H,2,8-9H2,1H3,(H,13,15)/t11-/m0/s1. The van der Waals surface area contributed by atoms with Crippen molar-refractivity contribution in [1.82, 2.24) is 5.32 Å². The zero-order chi connectivity index (χ0) is 11.1. The van der Waals surface area contributed by atoms with Crippen molar-refractivity contribution in [3.8, 4) is 0 Å². The van der Waals surface area contributed by atoms with Gasteiger partial charge in [-0.3, -0.25) is 4.79 Å². The van der Waals surface area contributed by atoms with Crippen molar-refractivity contribution < 1.29 is 9.90 Å². The van der Waals surface area contributed by atoms with Crippen molar-refractivity contribution in [1.29, 1.82) is 0 Å². The third kappa shape index (κ3) is 3.36. The summed E-state index contributed by atoms with van der Waals surface area (Å²) in [7, 11) is 0. The molecule has 1 atom stereocenters. The van der Waals surface area contributed by atoms with Gasteiger partial charge in [0, 0.05) is 6.54 Å². The Hall–Kier alpha value is -1.35. The van der Waals surface area contributed by atoms with Gasteiger partial charge in [-0.1, -0.05) is 37.3 Å². The van der Waals surface area contributed by atoms with Gasteiger partial charge in [0.1, 0.15) is 0 Å². The Bertz CT molecular complexity index is 298. The van der Waals surface area contributed by atoms with Crippen LogP contribution in [0.4, 0.5) is 0 Å². The number of benzene rings is 1. The molecule has 2 N–H and O–H groups in total. The SMILES string of the molecule is CC[C@H](C(=O)NCCO)c1ccccc1. The maximum atomic E-state index is 11.7. The van der Waals surface area contributed by atoms with Crippen LogP contribution in [0.1, 0.15) is 24.8 Å². The molecular weight excluding hydrogens is 190 g/mol. The molecule has 1 amide bonds. The van der Waals surface area contributed by atoms with Gasteiger partial charge < -0.3 is 10.4 Å². The predicted molar refractivity (Wildman–Crippen MR) is 59.6 cm³/mol. The quantitative estimate of drug-likeness (QED) is 0.764. The van der Waals surface area contributed by atoms with E-state index < -0.39 is 0 Å². The molecule has 15 heavy (non-hydrogen) atoms. The predicted octanol–water partition coefficient (Wildman–Crippen LogP) is 1.29. The van der Waals surface area contributed by atoms with Crippen LogP contribution in [0.25, 0.3) is 0 Å². The minimum atomic E-state index is -0.113. The van der Waals surface area contributed by atoms with E-state index in [9.17, 15) is 4.79 Å². The van der Waals surface area contributed by atoms with Gasteiger partial charge in [-0.25, -0.2) is 0 Å². The second-order valence-electron chi connectivity index (χ2n) is 3.39. The second kappa shape index (κ2) is 6.19. The summed E-state index contributed by atoms with van der Waals surface area (Å²) in [4.78, 5) is 11.7. The molecule has 0 heterocycles. The van der Waals surface area contributed by atoms with Gasteiger partial charge in [-0.15, -0.1) is 0 Å². The van der Waals surface area contributed by atoms with Gasteiger partial charge in [0.25, 0.3) is 0 Å². The third-order valence-electron chi connectivity index (χ3n) is 2.34. The lowest BCUT2D eigenvalue weighted by atomic mass is 9.96. The number of nitrogens with one attached hydrogen (secondary N) is 1. The van der Waals surface area contributed by atoms with Crippen LogP contribution in [0.5, 0.6) is 0 Å². The molecular formula is C12H17NO2. The maximum Gasteiger partial charge on any atom is 0.227 e. The number of amides is 1. The first kappa shape index (κ1) is 11.7. The van der Waals surface area contributed by atoms with Gasteiger partial charge in [0.05, 0.1) is 12.5 Å². The zero-order valence-electron chi connectivity index (χ0n) is 8.94. The fraction of sp³-hybridized carbons (Fsp3) is 0.417. The molecule has 0 radical (unpaired) electrons. The summed E-state index contributed by atoms with van der Waals surface area (Å²) in [5.41, 5.74) is 1.02. The van der Waals surface area contributed by atoms with Crippen molar-refractivity contribution in [3.63, 3.8) is 0 Å². The number of carbonyl (C=O) groups excluding carboxylic acids is 1. The monoisotopic (exact) mass is 207 g/mol. The van der Waals surface area contributed by atoms with Crippen LogP contribution in [-0.4, -0.2) is 24.2 Å². The highest BCUT2D eigenvalue weighted by Gasteiger charge is 2.17. The number of rotatable bonds is 5.